The first-order valence-corrected chi connectivity index (χ1v) is 10.5. The number of carbonyl (C=O) groups is 1. The first kappa shape index (κ1) is 19.8. The Kier molecular flexibility index (Phi) is 6.49. The molecule has 0 saturated heterocycles. The fourth-order valence-corrected chi connectivity index (χ4v) is 4.33. The normalized spacial score (nSPS) is 17.6. The predicted octanol–water partition coefficient (Wildman–Crippen LogP) is 6.58. The van der Waals surface area contributed by atoms with Gasteiger partial charge in [0.05, 0.1) is 0 Å². The zero-order valence-electron chi connectivity index (χ0n) is 17.0. The molecule has 1 aliphatic carbocycles. The zero-order chi connectivity index (χ0) is 19.3. The van der Waals surface area contributed by atoms with E-state index in [1.165, 1.54) is 0 Å². The molecule has 2 aromatic carbocycles. The van der Waals surface area contributed by atoms with Crippen molar-refractivity contribution in [1.82, 2.24) is 0 Å². The third kappa shape index (κ3) is 3.60. The van der Waals surface area contributed by atoms with E-state index in [0.29, 0.717) is 13.0 Å². The van der Waals surface area contributed by atoms with Crippen LogP contribution in [-0.4, -0.2) is 12.4 Å². The summed E-state index contributed by atoms with van der Waals surface area (Å²) in [5, 5.41) is 0. The van der Waals surface area contributed by atoms with Gasteiger partial charge in [-0.15, -0.1) is 0 Å². The van der Waals surface area contributed by atoms with Crippen molar-refractivity contribution in [3.63, 3.8) is 0 Å². The number of carbonyl (C=O) groups excluding carboxylic acids is 1. The summed E-state index contributed by atoms with van der Waals surface area (Å²) in [6.45, 7) is 7.09. The fraction of sp³-hybridized carbons (Fsp3) is 0.480. The first-order valence-electron chi connectivity index (χ1n) is 10.5. The molecule has 0 saturated carbocycles. The first-order chi connectivity index (χ1) is 13.2. The quantitative estimate of drug-likeness (QED) is 0.445. The summed E-state index contributed by atoms with van der Waals surface area (Å²) in [6.07, 6.45) is 6.96. The molecular formula is C25H32O2. The maximum atomic E-state index is 13.7. The number of fused-ring (bicyclic) bond motifs is 3. The van der Waals surface area contributed by atoms with Crippen molar-refractivity contribution in [2.75, 3.05) is 6.61 Å². The van der Waals surface area contributed by atoms with Crippen LogP contribution in [0.25, 0.3) is 11.1 Å². The largest absolute Gasteiger partial charge is 0.358 e. The van der Waals surface area contributed by atoms with Crippen LogP contribution in [0.2, 0.25) is 0 Å². The average molecular weight is 365 g/mol. The third-order valence-corrected chi connectivity index (χ3v) is 5.69. The highest BCUT2D eigenvalue weighted by Gasteiger charge is 2.50. The minimum atomic E-state index is -0.932. The molecule has 3 rings (SSSR count). The number of aryl methyl sites for hydroxylation is 1. The molecule has 2 aromatic rings. The second-order valence-electron chi connectivity index (χ2n) is 7.66. The molecule has 2 heteroatoms. The molecule has 0 aliphatic heterocycles. The van der Waals surface area contributed by atoms with Crippen molar-refractivity contribution in [3.8, 4) is 11.1 Å². The maximum absolute atomic E-state index is 13.7. The highest BCUT2D eigenvalue weighted by Crippen LogP contribution is 2.52. The summed E-state index contributed by atoms with van der Waals surface area (Å²) in [4.78, 5) is 13.7. The summed E-state index contributed by atoms with van der Waals surface area (Å²) in [7, 11) is 0. The Balaban J connectivity index is 2.09. The molecule has 0 N–H and O–H groups in total. The van der Waals surface area contributed by atoms with Gasteiger partial charge in [0.25, 0.3) is 0 Å². The van der Waals surface area contributed by atoms with Crippen molar-refractivity contribution in [2.45, 2.75) is 71.3 Å². The molecule has 0 amide bonds. The highest BCUT2D eigenvalue weighted by atomic mass is 16.5. The number of hydrogen-bond donors (Lipinski definition) is 0. The lowest BCUT2D eigenvalue weighted by Gasteiger charge is -2.32. The number of hydrogen-bond acceptors (Lipinski definition) is 2. The van der Waals surface area contributed by atoms with Crippen LogP contribution in [0.15, 0.2) is 42.5 Å². The molecule has 144 valence electrons. The van der Waals surface area contributed by atoms with Gasteiger partial charge in [-0.1, -0.05) is 82.0 Å². The maximum Gasteiger partial charge on any atom is 0.177 e. The van der Waals surface area contributed by atoms with Crippen molar-refractivity contribution in [2.24, 2.45) is 0 Å². The monoisotopic (exact) mass is 364 g/mol. The second-order valence-corrected chi connectivity index (χ2v) is 7.66. The van der Waals surface area contributed by atoms with E-state index in [0.717, 1.165) is 66.3 Å². The van der Waals surface area contributed by atoms with Crippen molar-refractivity contribution in [3.05, 3.63) is 59.2 Å². The van der Waals surface area contributed by atoms with Crippen LogP contribution in [0.3, 0.4) is 0 Å². The Morgan fingerprint density at radius 2 is 1.59 bits per heavy atom. The van der Waals surface area contributed by atoms with Crippen molar-refractivity contribution in [1.29, 1.82) is 0 Å². The molecule has 27 heavy (non-hydrogen) atoms. The molecule has 0 bridgehead atoms. The van der Waals surface area contributed by atoms with Gasteiger partial charge in [-0.3, -0.25) is 4.79 Å². The Morgan fingerprint density at radius 1 is 0.889 bits per heavy atom. The van der Waals surface area contributed by atoms with Crippen LogP contribution in [0, 0.1) is 6.92 Å². The van der Waals surface area contributed by atoms with Crippen LogP contribution in [0.1, 0.15) is 75.5 Å². The minimum absolute atomic E-state index is 0.216. The number of benzene rings is 2. The summed E-state index contributed by atoms with van der Waals surface area (Å²) in [5.74, 6) is 0.216. The number of unbranched alkanes of at least 4 members (excludes halogenated alkanes) is 4. The van der Waals surface area contributed by atoms with Crippen molar-refractivity contribution >= 4 is 5.78 Å². The van der Waals surface area contributed by atoms with Crippen LogP contribution in [0.4, 0.5) is 0 Å². The second kappa shape index (κ2) is 8.84. The molecular weight excluding hydrogens is 332 g/mol. The van der Waals surface area contributed by atoms with E-state index in [9.17, 15) is 4.79 Å². The number of ether oxygens (including phenoxy) is 1. The summed E-state index contributed by atoms with van der Waals surface area (Å²) in [5.41, 5.74) is 4.62. The number of rotatable bonds is 10. The fourth-order valence-electron chi connectivity index (χ4n) is 4.33. The lowest BCUT2D eigenvalue weighted by molar-refractivity contribution is -0.140. The molecule has 0 radical (unpaired) electrons. The van der Waals surface area contributed by atoms with Crippen LogP contribution < -0.4 is 0 Å². The van der Waals surface area contributed by atoms with E-state index < -0.39 is 5.60 Å². The van der Waals surface area contributed by atoms with E-state index in [1.807, 2.05) is 6.07 Å². The summed E-state index contributed by atoms with van der Waals surface area (Å²) in [6, 6.07) is 14.6. The van der Waals surface area contributed by atoms with Crippen LogP contribution >= 0.6 is 0 Å². The molecule has 2 nitrogen and oxygen atoms in total. The topological polar surface area (TPSA) is 26.3 Å². The van der Waals surface area contributed by atoms with E-state index in [-0.39, 0.29) is 5.78 Å². The molecule has 1 atom stereocenters. The van der Waals surface area contributed by atoms with Gasteiger partial charge < -0.3 is 4.74 Å². The van der Waals surface area contributed by atoms with E-state index in [2.05, 4.69) is 57.2 Å². The molecule has 1 aliphatic rings. The van der Waals surface area contributed by atoms with Crippen LogP contribution in [0.5, 0.6) is 0 Å². The van der Waals surface area contributed by atoms with E-state index in [1.54, 1.807) is 0 Å². The Morgan fingerprint density at radius 3 is 2.37 bits per heavy atom. The third-order valence-electron chi connectivity index (χ3n) is 5.69. The Labute approximate surface area is 164 Å². The lowest BCUT2D eigenvalue weighted by Crippen LogP contribution is -2.39. The van der Waals surface area contributed by atoms with E-state index >= 15 is 0 Å². The molecule has 0 aromatic heterocycles. The van der Waals surface area contributed by atoms with Gasteiger partial charge in [0.1, 0.15) is 0 Å². The SMILES string of the molecule is CCCCCOC1(C(=O)CCCCC)c2ccccc2-c2cccc(C)c21. The predicted molar refractivity (Wildman–Crippen MR) is 112 cm³/mol. The standard InChI is InChI=1S/C25H32O2/c1-4-6-8-17-23(26)25(27-18-11-7-5-2)22-16-10-9-14-20(22)21-15-12-13-19(3)24(21)25/h9-10,12-16H,4-8,11,17-18H2,1-3H3. The molecule has 1 unspecified atom stereocenters. The lowest BCUT2D eigenvalue weighted by atomic mass is 9.82. The van der Waals surface area contributed by atoms with Gasteiger partial charge in [-0.2, -0.15) is 0 Å². The van der Waals surface area contributed by atoms with Gasteiger partial charge in [0, 0.05) is 24.2 Å². The van der Waals surface area contributed by atoms with Crippen LogP contribution in [-0.2, 0) is 15.1 Å². The van der Waals surface area contributed by atoms with Gasteiger partial charge in [-0.25, -0.2) is 0 Å². The summed E-state index contributed by atoms with van der Waals surface area (Å²) >= 11 is 0. The van der Waals surface area contributed by atoms with Crippen molar-refractivity contribution < 1.29 is 9.53 Å². The zero-order valence-corrected chi connectivity index (χ0v) is 17.0. The highest BCUT2D eigenvalue weighted by molar-refractivity contribution is 6.00. The Bertz CT molecular complexity index is 793. The smallest absolute Gasteiger partial charge is 0.177 e. The summed E-state index contributed by atoms with van der Waals surface area (Å²) < 4.78 is 6.57. The molecule has 0 spiro atoms. The van der Waals surface area contributed by atoms with Gasteiger partial charge in [0.15, 0.2) is 11.4 Å². The van der Waals surface area contributed by atoms with Gasteiger partial charge in [-0.05, 0) is 36.5 Å². The Hall–Kier alpha value is -1.93. The van der Waals surface area contributed by atoms with E-state index in [4.69, 9.17) is 4.74 Å². The molecule has 0 fully saturated rings. The minimum Gasteiger partial charge on any atom is -0.358 e. The number of ketones is 1. The number of Topliss-reactive ketones (excluding diaryl/α,β-unsaturated/α-hetero) is 1. The van der Waals surface area contributed by atoms with Gasteiger partial charge >= 0.3 is 0 Å². The van der Waals surface area contributed by atoms with Gasteiger partial charge in [0.2, 0.25) is 0 Å². The average Bonchev–Trinajstić information content (AvgIpc) is 2.98. The molecule has 0 heterocycles.